The molecule has 2 heterocycles. The minimum absolute atomic E-state index is 0.609. The SMILES string of the molecule is CCn1c(C)nnc1C1CCNCC1. The van der Waals surface area contributed by atoms with E-state index in [1.807, 2.05) is 6.92 Å². The van der Waals surface area contributed by atoms with E-state index in [0.29, 0.717) is 5.92 Å². The van der Waals surface area contributed by atoms with Crippen LogP contribution in [0.5, 0.6) is 0 Å². The maximum atomic E-state index is 4.30. The number of aromatic nitrogens is 3. The summed E-state index contributed by atoms with van der Waals surface area (Å²) in [5.41, 5.74) is 0. The lowest BCUT2D eigenvalue weighted by Crippen LogP contribution is -2.28. The highest BCUT2D eigenvalue weighted by Gasteiger charge is 2.21. The van der Waals surface area contributed by atoms with Crippen molar-refractivity contribution in [1.82, 2.24) is 20.1 Å². The number of rotatable bonds is 2. The van der Waals surface area contributed by atoms with E-state index in [4.69, 9.17) is 0 Å². The van der Waals surface area contributed by atoms with Crippen LogP contribution in [0, 0.1) is 6.92 Å². The third-order valence-electron chi connectivity index (χ3n) is 2.98. The fourth-order valence-corrected chi connectivity index (χ4v) is 2.17. The van der Waals surface area contributed by atoms with Gasteiger partial charge in [0.1, 0.15) is 11.6 Å². The van der Waals surface area contributed by atoms with E-state index in [1.54, 1.807) is 0 Å². The zero-order valence-electron chi connectivity index (χ0n) is 8.95. The predicted molar refractivity (Wildman–Crippen MR) is 55.3 cm³/mol. The maximum Gasteiger partial charge on any atom is 0.136 e. The highest BCUT2D eigenvalue weighted by molar-refractivity contribution is 5.02. The minimum Gasteiger partial charge on any atom is -0.317 e. The van der Waals surface area contributed by atoms with Gasteiger partial charge in [-0.25, -0.2) is 0 Å². The van der Waals surface area contributed by atoms with Crippen molar-refractivity contribution in [3.63, 3.8) is 0 Å². The Kier molecular flexibility index (Phi) is 2.82. The number of nitrogens with zero attached hydrogens (tertiary/aromatic N) is 3. The molecule has 1 aromatic heterocycles. The number of hydrogen-bond donors (Lipinski definition) is 1. The quantitative estimate of drug-likeness (QED) is 0.766. The molecule has 0 aromatic carbocycles. The van der Waals surface area contributed by atoms with E-state index in [1.165, 1.54) is 18.7 Å². The topological polar surface area (TPSA) is 42.7 Å². The summed E-state index contributed by atoms with van der Waals surface area (Å²) in [6.45, 7) is 7.39. The van der Waals surface area contributed by atoms with Crippen molar-refractivity contribution < 1.29 is 0 Å². The molecule has 0 saturated carbocycles. The van der Waals surface area contributed by atoms with Crippen LogP contribution in [0.1, 0.15) is 37.3 Å². The molecule has 0 aliphatic carbocycles. The molecule has 1 saturated heterocycles. The number of nitrogens with one attached hydrogen (secondary N) is 1. The van der Waals surface area contributed by atoms with Crippen molar-refractivity contribution in [1.29, 1.82) is 0 Å². The minimum atomic E-state index is 0.609. The second-order valence-corrected chi connectivity index (χ2v) is 3.87. The van der Waals surface area contributed by atoms with E-state index >= 15 is 0 Å². The predicted octanol–water partition coefficient (Wildman–Crippen LogP) is 1.07. The molecule has 0 atom stereocenters. The first-order valence-electron chi connectivity index (χ1n) is 5.43. The first kappa shape index (κ1) is 9.65. The summed E-state index contributed by atoms with van der Waals surface area (Å²) in [5.74, 6) is 2.84. The molecule has 0 amide bonds. The van der Waals surface area contributed by atoms with Crippen molar-refractivity contribution in [2.75, 3.05) is 13.1 Å². The molecule has 1 aliphatic heterocycles. The highest BCUT2D eigenvalue weighted by atomic mass is 15.3. The van der Waals surface area contributed by atoms with Gasteiger partial charge < -0.3 is 9.88 Å². The highest BCUT2D eigenvalue weighted by Crippen LogP contribution is 2.23. The Morgan fingerprint density at radius 1 is 1.36 bits per heavy atom. The van der Waals surface area contributed by atoms with E-state index < -0.39 is 0 Å². The van der Waals surface area contributed by atoms with E-state index in [2.05, 4.69) is 27.0 Å². The van der Waals surface area contributed by atoms with Crippen LogP contribution in [-0.2, 0) is 6.54 Å². The second kappa shape index (κ2) is 4.09. The molecule has 14 heavy (non-hydrogen) atoms. The molecule has 1 aromatic rings. The summed E-state index contributed by atoms with van der Waals surface area (Å²) >= 11 is 0. The Morgan fingerprint density at radius 2 is 2.07 bits per heavy atom. The van der Waals surface area contributed by atoms with Gasteiger partial charge in [0.2, 0.25) is 0 Å². The van der Waals surface area contributed by atoms with Crippen molar-refractivity contribution >= 4 is 0 Å². The van der Waals surface area contributed by atoms with Crippen LogP contribution in [0.4, 0.5) is 0 Å². The van der Waals surface area contributed by atoms with Gasteiger partial charge in [-0.05, 0) is 39.8 Å². The summed E-state index contributed by atoms with van der Waals surface area (Å²) in [7, 11) is 0. The molecule has 4 nitrogen and oxygen atoms in total. The van der Waals surface area contributed by atoms with Gasteiger partial charge in [-0.1, -0.05) is 0 Å². The largest absolute Gasteiger partial charge is 0.317 e. The lowest BCUT2D eigenvalue weighted by atomic mass is 9.97. The van der Waals surface area contributed by atoms with Crippen molar-refractivity contribution in [2.24, 2.45) is 0 Å². The Balaban J connectivity index is 2.21. The molecule has 1 fully saturated rings. The van der Waals surface area contributed by atoms with Crippen molar-refractivity contribution in [3.8, 4) is 0 Å². The molecule has 0 unspecified atom stereocenters. The van der Waals surface area contributed by atoms with Gasteiger partial charge in [-0.15, -0.1) is 10.2 Å². The fraction of sp³-hybridized carbons (Fsp3) is 0.800. The summed E-state index contributed by atoms with van der Waals surface area (Å²) in [4.78, 5) is 0. The second-order valence-electron chi connectivity index (χ2n) is 3.87. The maximum absolute atomic E-state index is 4.30. The van der Waals surface area contributed by atoms with Gasteiger partial charge in [0.25, 0.3) is 0 Å². The smallest absolute Gasteiger partial charge is 0.136 e. The molecule has 1 aliphatic rings. The Labute approximate surface area is 84.7 Å². The first-order chi connectivity index (χ1) is 6.83. The van der Waals surface area contributed by atoms with Gasteiger partial charge in [0.15, 0.2) is 0 Å². The molecule has 0 bridgehead atoms. The van der Waals surface area contributed by atoms with Crippen LogP contribution >= 0.6 is 0 Å². The molecular weight excluding hydrogens is 176 g/mol. The molecule has 0 radical (unpaired) electrons. The van der Waals surface area contributed by atoms with Crippen LogP contribution in [0.15, 0.2) is 0 Å². The summed E-state index contributed by atoms with van der Waals surface area (Å²) in [5, 5.41) is 11.8. The fourth-order valence-electron chi connectivity index (χ4n) is 2.17. The Morgan fingerprint density at radius 3 is 2.71 bits per heavy atom. The number of piperidine rings is 1. The van der Waals surface area contributed by atoms with Gasteiger partial charge in [0, 0.05) is 12.5 Å². The third kappa shape index (κ3) is 1.66. The van der Waals surface area contributed by atoms with E-state index in [-0.39, 0.29) is 0 Å². The molecule has 78 valence electrons. The Bertz CT molecular complexity index is 299. The van der Waals surface area contributed by atoms with Crippen LogP contribution in [0.2, 0.25) is 0 Å². The number of aryl methyl sites for hydroxylation is 1. The summed E-state index contributed by atoms with van der Waals surface area (Å²) < 4.78 is 2.23. The van der Waals surface area contributed by atoms with Crippen molar-refractivity contribution in [2.45, 2.75) is 39.2 Å². The van der Waals surface area contributed by atoms with E-state index in [0.717, 1.165) is 25.5 Å². The molecule has 2 rings (SSSR count). The van der Waals surface area contributed by atoms with E-state index in [9.17, 15) is 0 Å². The summed E-state index contributed by atoms with van der Waals surface area (Å²) in [6.07, 6.45) is 2.39. The van der Waals surface area contributed by atoms with Crippen LogP contribution < -0.4 is 5.32 Å². The molecule has 4 heteroatoms. The standard InChI is InChI=1S/C10H18N4/c1-3-14-8(2)12-13-10(14)9-4-6-11-7-5-9/h9,11H,3-7H2,1-2H3. The third-order valence-corrected chi connectivity index (χ3v) is 2.98. The normalized spacial score (nSPS) is 18.7. The van der Waals surface area contributed by atoms with Gasteiger partial charge >= 0.3 is 0 Å². The monoisotopic (exact) mass is 194 g/mol. The molecule has 0 spiro atoms. The van der Waals surface area contributed by atoms with Crippen LogP contribution in [-0.4, -0.2) is 27.9 Å². The Hall–Kier alpha value is -0.900. The van der Waals surface area contributed by atoms with Crippen LogP contribution in [0.25, 0.3) is 0 Å². The number of hydrogen-bond acceptors (Lipinski definition) is 3. The van der Waals surface area contributed by atoms with Gasteiger partial charge in [-0.2, -0.15) is 0 Å². The van der Waals surface area contributed by atoms with Crippen LogP contribution in [0.3, 0.4) is 0 Å². The average molecular weight is 194 g/mol. The summed E-state index contributed by atoms with van der Waals surface area (Å²) in [6, 6.07) is 0. The zero-order valence-corrected chi connectivity index (χ0v) is 8.95. The van der Waals surface area contributed by atoms with Gasteiger partial charge in [0.05, 0.1) is 0 Å². The first-order valence-corrected chi connectivity index (χ1v) is 5.43. The lowest BCUT2D eigenvalue weighted by Gasteiger charge is -2.22. The molecular formula is C10H18N4. The average Bonchev–Trinajstić information content (AvgIpc) is 2.61. The lowest BCUT2D eigenvalue weighted by molar-refractivity contribution is 0.431. The zero-order chi connectivity index (χ0) is 9.97. The molecule has 1 N–H and O–H groups in total. The van der Waals surface area contributed by atoms with Gasteiger partial charge in [-0.3, -0.25) is 0 Å². The van der Waals surface area contributed by atoms with Crippen molar-refractivity contribution in [3.05, 3.63) is 11.6 Å².